The summed E-state index contributed by atoms with van der Waals surface area (Å²) >= 11 is 0. The predicted octanol–water partition coefficient (Wildman–Crippen LogP) is 0.622. The van der Waals surface area contributed by atoms with Gasteiger partial charge in [-0.1, -0.05) is 0 Å². The Labute approximate surface area is 92.0 Å². The molecule has 1 aliphatic rings. The van der Waals surface area contributed by atoms with Gasteiger partial charge in [0.1, 0.15) is 0 Å². The first-order chi connectivity index (χ1) is 7.16. The summed E-state index contributed by atoms with van der Waals surface area (Å²) in [6, 6.07) is 0.209. The van der Waals surface area contributed by atoms with Crippen LogP contribution in [0.4, 0.5) is 0 Å². The lowest BCUT2D eigenvalue weighted by Crippen LogP contribution is -2.51. The minimum Gasteiger partial charge on any atom is -0.375 e. The van der Waals surface area contributed by atoms with E-state index in [-0.39, 0.29) is 18.1 Å². The number of ether oxygens (including phenoxy) is 1. The highest BCUT2D eigenvalue weighted by atomic mass is 16.5. The minimum atomic E-state index is 0.159. The molecule has 1 N–H and O–H groups in total. The first-order valence-electron chi connectivity index (χ1n) is 5.72. The van der Waals surface area contributed by atoms with E-state index in [2.05, 4.69) is 12.2 Å². The second-order valence-corrected chi connectivity index (χ2v) is 4.11. The number of nitrogens with zero attached hydrogens (tertiary/aromatic N) is 1. The van der Waals surface area contributed by atoms with Crippen LogP contribution in [0.3, 0.4) is 0 Å². The van der Waals surface area contributed by atoms with Crippen molar-refractivity contribution in [2.45, 2.75) is 38.8 Å². The van der Waals surface area contributed by atoms with Crippen molar-refractivity contribution in [3.8, 4) is 0 Å². The molecule has 2 atom stereocenters. The molecule has 0 saturated carbocycles. The zero-order valence-corrected chi connectivity index (χ0v) is 9.95. The summed E-state index contributed by atoms with van der Waals surface area (Å²) in [5.41, 5.74) is 0. The van der Waals surface area contributed by atoms with Gasteiger partial charge in [-0.15, -0.1) is 0 Å². The Morgan fingerprint density at radius 3 is 2.93 bits per heavy atom. The van der Waals surface area contributed by atoms with E-state index in [0.717, 1.165) is 19.5 Å². The highest BCUT2D eigenvalue weighted by molar-refractivity contribution is 5.76. The number of nitrogens with one attached hydrogen (secondary N) is 1. The van der Waals surface area contributed by atoms with Crippen LogP contribution in [-0.4, -0.2) is 49.7 Å². The standard InChI is InChI=1S/C11H22N2O2/c1-9-10(2)15-8-7-13(9)11(14)5-4-6-12-3/h9-10,12H,4-8H2,1-3H3. The number of hydrogen-bond donors (Lipinski definition) is 1. The third-order valence-electron chi connectivity index (χ3n) is 3.02. The third kappa shape index (κ3) is 3.47. The van der Waals surface area contributed by atoms with E-state index in [9.17, 15) is 4.79 Å². The molecule has 0 spiro atoms. The Balaban J connectivity index is 2.37. The Kier molecular flexibility index (Phi) is 5.05. The van der Waals surface area contributed by atoms with Crippen LogP contribution in [0.1, 0.15) is 26.7 Å². The fourth-order valence-electron chi connectivity index (χ4n) is 1.85. The van der Waals surface area contributed by atoms with Crippen LogP contribution in [0.5, 0.6) is 0 Å². The van der Waals surface area contributed by atoms with Gasteiger partial charge in [-0.2, -0.15) is 0 Å². The summed E-state index contributed by atoms with van der Waals surface area (Å²) in [6.07, 6.45) is 1.71. The number of hydrogen-bond acceptors (Lipinski definition) is 3. The zero-order chi connectivity index (χ0) is 11.3. The molecular formula is C11H22N2O2. The van der Waals surface area contributed by atoms with Gasteiger partial charge in [0.2, 0.25) is 5.91 Å². The lowest BCUT2D eigenvalue weighted by molar-refractivity contribution is -0.144. The van der Waals surface area contributed by atoms with E-state index in [4.69, 9.17) is 4.74 Å². The number of carbonyl (C=O) groups is 1. The average Bonchev–Trinajstić information content (AvgIpc) is 2.22. The highest BCUT2D eigenvalue weighted by Crippen LogP contribution is 2.14. The first kappa shape index (κ1) is 12.5. The van der Waals surface area contributed by atoms with Crippen LogP contribution in [0.25, 0.3) is 0 Å². The van der Waals surface area contributed by atoms with E-state index in [1.165, 1.54) is 0 Å². The summed E-state index contributed by atoms with van der Waals surface area (Å²) in [5, 5.41) is 3.05. The summed E-state index contributed by atoms with van der Waals surface area (Å²) in [6.45, 7) is 6.39. The van der Waals surface area contributed by atoms with E-state index in [1.807, 2.05) is 18.9 Å². The van der Waals surface area contributed by atoms with Crippen LogP contribution in [0.2, 0.25) is 0 Å². The van der Waals surface area contributed by atoms with Crippen molar-refractivity contribution in [2.24, 2.45) is 0 Å². The molecule has 1 aliphatic heterocycles. The van der Waals surface area contributed by atoms with E-state index >= 15 is 0 Å². The molecule has 0 aliphatic carbocycles. The smallest absolute Gasteiger partial charge is 0.223 e. The van der Waals surface area contributed by atoms with Crippen molar-refractivity contribution in [2.75, 3.05) is 26.7 Å². The molecule has 15 heavy (non-hydrogen) atoms. The van der Waals surface area contributed by atoms with Crippen molar-refractivity contribution < 1.29 is 9.53 Å². The molecule has 1 fully saturated rings. The average molecular weight is 214 g/mol. The van der Waals surface area contributed by atoms with Gasteiger partial charge < -0.3 is 15.0 Å². The summed E-state index contributed by atoms with van der Waals surface area (Å²) < 4.78 is 5.49. The van der Waals surface area contributed by atoms with Gasteiger partial charge in [0.15, 0.2) is 0 Å². The van der Waals surface area contributed by atoms with Gasteiger partial charge in [0, 0.05) is 13.0 Å². The second-order valence-electron chi connectivity index (χ2n) is 4.11. The van der Waals surface area contributed by atoms with Crippen LogP contribution < -0.4 is 5.32 Å². The van der Waals surface area contributed by atoms with Crippen molar-refractivity contribution in [1.82, 2.24) is 10.2 Å². The molecule has 1 rings (SSSR count). The maximum absolute atomic E-state index is 11.9. The van der Waals surface area contributed by atoms with E-state index < -0.39 is 0 Å². The molecule has 4 nitrogen and oxygen atoms in total. The molecule has 0 bridgehead atoms. The Morgan fingerprint density at radius 1 is 1.53 bits per heavy atom. The van der Waals surface area contributed by atoms with E-state index in [1.54, 1.807) is 0 Å². The monoisotopic (exact) mass is 214 g/mol. The van der Waals surface area contributed by atoms with Crippen LogP contribution >= 0.6 is 0 Å². The number of rotatable bonds is 4. The first-order valence-corrected chi connectivity index (χ1v) is 5.72. The summed E-state index contributed by atoms with van der Waals surface area (Å²) in [7, 11) is 1.91. The molecule has 0 aromatic heterocycles. The van der Waals surface area contributed by atoms with Crippen LogP contribution in [-0.2, 0) is 9.53 Å². The van der Waals surface area contributed by atoms with Crippen LogP contribution in [0.15, 0.2) is 0 Å². The Hall–Kier alpha value is -0.610. The zero-order valence-electron chi connectivity index (χ0n) is 9.95. The maximum Gasteiger partial charge on any atom is 0.223 e. The normalized spacial score (nSPS) is 26.7. The predicted molar refractivity (Wildman–Crippen MR) is 59.7 cm³/mol. The molecule has 0 aromatic carbocycles. The highest BCUT2D eigenvalue weighted by Gasteiger charge is 2.28. The number of morpholine rings is 1. The minimum absolute atomic E-state index is 0.159. The number of amides is 1. The van der Waals surface area contributed by atoms with Crippen molar-refractivity contribution >= 4 is 5.91 Å². The second kappa shape index (κ2) is 6.08. The Morgan fingerprint density at radius 2 is 2.27 bits per heavy atom. The summed E-state index contributed by atoms with van der Waals surface area (Å²) in [5.74, 6) is 0.257. The molecule has 1 heterocycles. The topological polar surface area (TPSA) is 41.6 Å². The van der Waals surface area contributed by atoms with Crippen molar-refractivity contribution in [3.05, 3.63) is 0 Å². The van der Waals surface area contributed by atoms with Gasteiger partial charge in [-0.3, -0.25) is 4.79 Å². The lowest BCUT2D eigenvalue weighted by atomic mass is 10.1. The molecule has 0 aromatic rings. The quantitative estimate of drug-likeness (QED) is 0.698. The third-order valence-corrected chi connectivity index (χ3v) is 3.02. The van der Waals surface area contributed by atoms with Gasteiger partial charge in [0.25, 0.3) is 0 Å². The molecule has 0 radical (unpaired) electrons. The molecular weight excluding hydrogens is 192 g/mol. The lowest BCUT2D eigenvalue weighted by Gasteiger charge is -2.37. The fraction of sp³-hybridized carbons (Fsp3) is 0.909. The molecule has 2 unspecified atom stereocenters. The fourth-order valence-corrected chi connectivity index (χ4v) is 1.85. The molecule has 1 amide bonds. The van der Waals surface area contributed by atoms with Gasteiger partial charge >= 0.3 is 0 Å². The van der Waals surface area contributed by atoms with Crippen molar-refractivity contribution in [1.29, 1.82) is 0 Å². The van der Waals surface area contributed by atoms with Crippen LogP contribution in [0, 0.1) is 0 Å². The Bertz CT molecular complexity index is 209. The maximum atomic E-state index is 11.9. The van der Waals surface area contributed by atoms with E-state index in [0.29, 0.717) is 13.0 Å². The SMILES string of the molecule is CNCCCC(=O)N1CCOC(C)C1C. The molecule has 1 saturated heterocycles. The summed E-state index contributed by atoms with van der Waals surface area (Å²) in [4.78, 5) is 13.8. The molecule has 4 heteroatoms. The van der Waals surface area contributed by atoms with Gasteiger partial charge in [-0.05, 0) is 33.9 Å². The molecule has 88 valence electrons. The largest absolute Gasteiger partial charge is 0.375 e. The van der Waals surface area contributed by atoms with Gasteiger partial charge in [0.05, 0.1) is 18.8 Å². The van der Waals surface area contributed by atoms with Gasteiger partial charge in [-0.25, -0.2) is 0 Å². The van der Waals surface area contributed by atoms with Crippen molar-refractivity contribution in [3.63, 3.8) is 0 Å². The number of carbonyl (C=O) groups excluding carboxylic acids is 1.